The lowest BCUT2D eigenvalue weighted by molar-refractivity contribution is 0.287. The minimum atomic E-state index is 0.144. The molecule has 2 heteroatoms. The van der Waals surface area contributed by atoms with Gasteiger partial charge in [-0.3, -0.25) is 0 Å². The fourth-order valence-electron chi connectivity index (χ4n) is 1.33. The maximum absolute atomic E-state index is 8.87. The summed E-state index contributed by atoms with van der Waals surface area (Å²) < 4.78 is 5.59. The fourth-order valence-corrected chi connectivity index (χ4v) is 1.33. The van der Waals surface area contributed by atoms with Crippen LogP contribution in [-0.4, -0.2) is 18.3 Å². The summed E-state index contributed by atoms with van der Waals surface area (Å²) in [5, 5.41) is 8.87. The molecule has 1 rings (SSSR count). The monoisotopic (exact) mass is 204 g/mol. The number of ether oxygens (including phenoxy) is 1. The Kier molecular flexibility index (Phi) is 5.35. The molecule has 1 N–H and O–H groups in total. The van der Waals surface area contributed by atoms with E-state index in [0.717, 1.165) is 24.2 Å². The van der Waals surface area contributed by atoms with Gasteiger partial charge in [-0.25, -0.2) is 0 Å². The molecular formula is C13H16O2. The van der Waals surface area contributed by atoms with Gasteiger partial charge in [0.25, 0.3) is 0 Å². The van der Waals surface area contributed by atoms with Crippen molar-refractivity contribution < 1.29 is 9.84 Å². The Bertz CT molecular complexity index is 326. The molecule has 0 amide bonds. The van der Waals surface area contributed by atoms with E-state index < -0.39 is 0 Å². The Labute approximate surface area is 90.9 Å². The highest BCUT2D eigenvalue weighted by Crippen LogP contribution is 2.18. The molecular weight excluding hydrogens is 188 g/mol. The minimum Gasteiger partial charge on any atom is -0.493 e. The molecule has 0 aliphatic heterocycles. The van der Waals surface area contributed by atoms with Gasteiger partial charge in [0, 0.05) is 13.0 Å². The largest absolute Gasteiger partial charge is 0.493 e. The maximum atomic E-state index is 8.87. The second-order valence-corrected chi connectivity index (χ2v) is 3.24. The second-order valence-electron chi connectivity index (χ2n) is 3.24. The highest BCUT2D eigenvalue weighted by molar-refractivity contribution is 5.33. The van der Waals surface area contributed by atoms with Crippen molar-refractivity contribution in [1.82, 2.24) is 0 Å². The molecule has 0 spiro atoms. The third-order valence-electron chi connectivity index (χ3n) is 2.08. The van der Waals surface area contributed by atoms with E-state index in [1.54, 1.807) is 0 Å². The summed E-state index contributed by atoms with van der Waals surface area (Å²) in [4.78, 5) is 0. The van der Waals surface area contributed by atoms with Gasteiger partial charge in [-0.1, -0.05) is 18.2 Å². The Morgan fingerprint density at radius 2 is 2.13 bits per heavy atom. The van der Waals surface area contributed by atoms with Gasteiger partial charge in [-0.2, -0.15) is 0 Å². The normalized spacial score (nSPS) is 9.60. The van der Waals surface area contributed by atoms with Gasteiger partial charge < -0.3 is 9.84 Å². The standard InChI is InChI=1S/C13H16O2/c1-2-3-6-11-15-13-8-5-4-7-12(13)9-10-14/h1,4-5,7-8,14H,3,6,9-11H2. The van der Waals surface area contributed by atoms with E-state index in [2.05, 4.69) is 5.92 Å². The Morgan fingerprint density at radius 1 is 1.33 bits per heavy atom. The summed E-state index contributed by atoms with van der Waals surface area (Å²) in [6.07, 6.45) is 7.38. The molecule has 0 aliphatic carbocycles. The lowest BCUT2D eigenvalue weighted by atomic mass is 10.1. The van der Waals surface area contributed by atoms with Gasteiger partial charge in [-0.15, -0.1) is 12.3 Å². The number of hydrogen-bond donors (Lipinski definition) is 1. The van der Waals surface area contributed by atoms with Gasteiger partial charge >= 0.3 is 0 Å². The average Bonchev–Trinajstić information content (AvgIpc) is 2.27. The molecule has 0 fully saturated rings. The first-order valence-electron chi connectivity index (χ1n) is 5.13. The van der Waals surface area contributed by atoms with Crippen LogP contribution >= 0.6 is 0 Å². The van der Waals surface area contributed by atoms with Crippen LogP contribution in [0.5, 0.6) is 5.75 Å². The summed E-state index contributed by atoms with van der Waals surface area (Å²) in [6, 6.07) is 7.75. The number of aliphatic hydroxyl groups excluding tert-OH is 1. The van der Waals surface area contributed by atoms with Crippen LogP contribution in [0.3, 0.4) is 0 Å². The molecule has 0 radical (unpaired) electrons. The number of para-hydroxylation sites is 1. The van der Waals surface area contributed by atoms with E-state index in [1.165, 1.54) is 0 Å². The lowest BCUT2D eigenvalue weighted by Gasteiger charge is -2.09. The van der Waals surface area contributed by atoms with Crippen LogP contribution < -0.4 is 4.74 Å². The van der Waals surface area contributed by atoms with Crippen molar-refractivity contribution in [3.63, 3.8) is 0 Å². The second kappa shape index (κ2) is 6.92. The Balaban J connectivity index is 2.48. The molecule has 1 aromatic rings. The number of hydrogen-bond acceptors (Lipinski definition) is 2. The highest BCUT2D eigenvalue weighted by Gasteiger charge is 2.01. The van der Waals surface area contributed by atoms with Crippen molar-refractivity contribution in [2.75, 3.05) is 13.2 Å². The predicted octanol–water partition coefficient (Wildman–Crippen LogP) is 2.01. The first-order valence-corrected chi connectivity index (χ1v) is 5.13. The van der Waals surface area contributed by atoms with Crippen molar-refractivity contribution in [2.45, 2.75) is 19.3 Å². The topological polar surface area (TPSA) is 29.5 Å². The van der Waals surface area contributed by atoms with E-state index in [0.29, 0.717) is 13.0 Å². The SMILES string of the molecule is C#CCCCOc1ccccc1CCO. The Hall–Kier alpha value is -1.46. The third kappa shape index (κ3) is 4.05. The van der Waals surface area contributed by atoms with Crippen LogP contribution in [0.25, 0.3) is 0 Å². The van der Waals surface area contributed by atoms with E-state index in [9.17, 15) is 0 Å². The molecule has 0 unspecified atom stereocenters. The van der Waals surface area contributed by atoms with Gasteiger partial charge in [-0.05, 0) is 24.5 Å². The van der Waals surface area contributed by atoms with E-state index in [1.807, 2.05) is 24.3 Å². The van der Waals surface area contributed by atoms with Crippen molar-refractivity contribution in [1.29, 1.82) is 0 Å². The molecule has 0 saturated carbocycles. The molecule has 0 aromatic heterocycles. The molecule has 0 bridgehead atoms. The molecule has 0 heterocycles. The molecule has 80 valence electrons. The zero-order valence-electron chi connectivity index (χ0n) is 8.78. The minimum absolute atomic E-state index is 0.144. The van der Waals surface area contributed by atoms with Gasteiger partial charge in [0.15, 0.2) is 0 Å². The van der Waals surface area contributed by atoms with Gasteiger partial charge in [0.1, 0.15) is 5.75 Å². The van der Waals surface area contributed by atoms with Crippen molar-refractivity contribution in [3.05, 3.63) is 29.8 Å². The van der Waals surface area contributed by atoms with Crippen molar-refractivity contribution in [3.8, 4) is 18.1 Å². The summed E-state index contributed by atoms with van der Waals surface area (Å²) in [6.45, 7) is 0.775. The highest BCUT2D eigenvalue weighted by atomic mass is 16.5. The summed E-state index contributed by atoms with van der Waals surface area (Å²) in [5.74, 6) is 3.42. The van der Waals surface area contributed by atoms with E-state index >= 15 is 0 Å². The zero-order chi connectivity index (χ0) is 10.9. The van der Waals surface area contributed by atoms with Crippen LogP contribution in [0.2, 0.25) is 0 Å². The van der Waals surface area contributed by atoms with Crippen LogP contribution in [-0.2, 0) is 6.42 Å². The maximum Gasteiger partial charge on any atom is 0.122 e. The first kappa shape index (κ1) is 11.6. The first-order chi connectivity index (χ1) is 7.38. The summed E-state index contributed by atoms with van der Waals surface area (Å²) in [7, 11) is 0. The fraction of sp³-hybridized carbons (Fsp3) is 0.385. The van der Waals surface area contributed by atoms with E-state index in [4.69, 9.17) is 16.3 Å². The zero-order valence-corrected chi connectivity index (χ0v) is 8.78. The summed E-state index contributed by atoms with van der Waals surface area (Å²) in [5.41, 5.74) is 1.04. The number of rotatable bonds is 6. The van der Waals surface area contributed by atoms with Crippen LogP contribution in [0, 0.1) is 12.3 Å². The quantitative estimate of drug-likeness (QED) is 0.567. The van der Waals surface area contributed by atoms with E-state index in [-0.39, 0.29) is 6.61 Å². The average molecular weight is 204 g/mol. The molecule has 0 atom stereocenters. The molecule has 0 aliphatic rings. The molecule has 2 nitrogen and oxygen atoms in total. The Morgan fingerprint density at radius 3 is 2.87 bits per heavy atom. The molecule has 15 heavy (non-hydrogen) atoms. The molecule has 0 saturated heterocycles. The summed E-state index contributed by atoms with van der Waals surface area (Å²) >= 11 is 0. The molecule has 1 aromatic carbocycles. The number of terminal acetylenes is 1. The number of unbranched alkanes of at least 4 members (excludes halogenated alkanes) is 1. The van der Waals surface area contributed by atoms with Crippen molar-refractivity contribution >= 4 is 0 Å². The number of aliphatic hydroxyl groups is 1. The smallest absolute Gasteiger partial charge is 0.122 e. The lowest BCUT2D eigenvalue weighted by Crippen LogP contribution is -2.01. The van der Waals surface area contributed by atoms with Gasteiger partial charge in [0.2, 0.25) is 0 Å². The number of benzene rings is 1. The van der Waals surface area contributed by atoms with Crippen LogP contribution in [0.4, 0.5) is 0 Å². The van der Waals surface area contributed by atoms with Crippen LogP contribution in [0.1, 0.15) is 18.4 Å². The van der Waals surface area contributed by atoms with Gasteiger partial charge in [0.05, 0.1) is 6.61 Å². The van der Waals surface area contributed by atoms with Crippen LogP contribution in [0.15, 0.2) is 24.3 Å². The predicted molar refractivity (Wildman–Crippen MR) is 60.8 cm³/mol. The third-order valence-corrected chi connectivity index (χ3v) is 2.08. The van der Waals surface area contributed by atoms with Crippen molar-refractivity contribution in [2.24, 2.45) is 0 Å².